The van der Waals surface area contributed by atoms with Crippen molar-refractivity contribution in [2.45, 2.75) is 13.3 Å². The summed E-state index contributed by atoms with van der Waals surface area (Å²) < 4.78 is 10.4. The Morgan fingerprint density at radius 2 is 1.86 bits per heavy atom. The molecule has 0 rings (SSSR count). The Morgan fingerprint density at radius 1 is 1.14 bits per heavy atom. The number of hydrogen-bond donors (Lipinski definition) is 1. The van der Waals surface area contributed by atoms with Crippen LogP contribution in [0.25, 0.3) is 0 Å². The summed E-state index contributed by atoms with van der Waals surface area (Å²) in [5.41, 5.74) is 5.47. The molecule has 0 aromatic heterocycles. The first-order valence-corrected chi connectivity index (χ1v) is 5.34. The molecule has 4 nitrogen and oxygen atoms in total. The molecule has 0 aliphatic carbocycles. The van der Waals surface area contributed by atoms with Crippen molar-refractivity contribution in [1.82, 2.24) is 4.90 Å². The molecular formula is C10H24N2O2. The highest BCUT2D eigenvalue weighted by Crippen LogP contribution is 1.91. The summed E-state index contributed by atoms with van der Waals surface area (Å²) in [6.07, 6.45) is 1.04. The summed E-state index contributed by atoms with van der Waals surface area (Å²) in [5, 5.41) is 0. The molecule has 0 saturated carbocycles. The summed E-state index contributed by atoms with van der Waals surface area (Å²) in [5.74, 6) is 0. The van der Waals surface area contributed by atoms with Crippen LogP contribution in [-0.2, 0) is 9.47 Å². The number of hydrogen-bond acceptors (Lipinski definition) is 4. The maximum atomic E-state index is 5.47. The highest BCUT2D eigenvalue weighted by atomic mass is 16.5. The van der Waals surface area contributed by atoms with Gasteiger partial charge in [0.05, 0.1) is 13.2 Å². The van der Waals surface area contributed by atoms with Gasteiger partial charge in [0.1, 0.15) is 0 Å². The fraction of sp³-hybridized carbons (Fsp3) is 1.00. The number of nitrogens with zero attached hydrogens (tertiary/aromatic N) is 1. The summed E-state index contributed by atoms with van der Waals surface area (Å²) in [6.45, 7) is 8.09. The Labute approximate surface area is 87.4 Å². The molecule has 0 amide bonds. The molecule has 0 aliphatic heterocycles. The van der Waals surface area contributed by atoms with E-state index in [9.17, 15) is 0 Å². The molecule has 4 heteroatoms. The summed E-state index contributed by atoms with van der Waals surface area (Å²) in [4.78, 5) is 2.33. The van der Waals surface area contributed by atoms with Gasteiger partial charge in [-0.1, -0.05) is 0 Å². The predicted octanol–water partition coefficient (Wildman–Crippen LogP) is 0.320. The molecule has 0 radical (unpaired) electrons. The molecule has 0 aromatic carbocycles. The lowest BCUT2D eigenvalue weighted by Crippen LogP contribution is -2.32. The molecule has 0 aliphatic rings. The van der Waals surface area contributed by atoms with E-state index in [2.05, 4.69) is 4.90 Å². The van der Waals surface area contributed by atoms with Crippen molar-refractivity contribution >= 4 is 0 Å². The van der Waals surface area contributed by atoms with Crippen molar-refractivity contribution in [2.75, 3.05) is 53.1 Å². The largest absolute Gasteiger partial charge is 0.383 e. The lowest BCUT2D eigenvalue weighted by atomic mass is 10.3. The van der Waals surface area contributed by atoms with Gasteiger partial charge < -0.3 is 15.2 Å². The first-order valence-electron chi connectivity index (χ1n) is 5.34. The van der Waals surface area contributed by atoms with Gasteiger partial charge in [-0.15, -0.1) is 0 Å². The lowest BCUT2D eigenvalue weighted by molar-refractivity contribution is 0.0944. The van der Waals surface area contributed by atoms with Crippen LogP contribution in [-0.4, -0.2) is 58.0 Å². The van der Waals surface area contributed by atoms with Crippen molar-refractivity contribution in [2.24, 2.45) is 5.73 Å². The van der Waals surface area contributed by atoms with E-state index in [1.165, 1.54) is 0 Å². The summed E-state index contributed by atoms with van der Waals surface area (Å²) >= 11 is 0. The average Bonchev–Trinajstić information content (AvgIpc) is 2.21. The Hall–Kier alpha value is -0.160. The molecule has 0 heterocycles. The number of rotatable bonds is 10. The highest BCUT2D eigenvalue weighted by Gasteiger charge is 2.03. The first kappa shape index (κ1) is 13.8. The van der Waals surface area contributed by atoms with Gasteiger partial charge in [0.2, 0.25) is 0 Å². The molecule has 0 atom stereocenters. The van der Waals surface area contributed by atoms with E-state index in [1.54, 1.807) is 7.11 Å². The molecule has 0 bridgehead atoms. The molecule has 14 heavy (non-hydrogen) atoms. The third-order valence-corrected chi connectivity index (χ3v) is 2.05. The van der Waals surface area contributed by atoms with Gasteiger partial charge in [0, 0.05) is 26.8 Å². The van der Waals surface area contributed by atoms with Crippen LogP contribution in [0, 0.1) is 0 Å². The standard InChI is InChI=1S/C10H24N2O2/c1-3-14-10-8-12(6-4-5-11)7-9-13-2/h3-11H2,1-2H3. The van der Waals surface area contributed by atoms with E-state index < -0.39 is 0 Å². The SMILES string of the molecule is CCOCCN(CCCN)CCOC. The zero-order valence-corrected chi connectivity index (χ0v) is 9.50. The number of methoxy groups -OCH3 is 1. The van der Waals surface area contributed by atoms with Gasteiger partial charge in [0.25, 0.3) is 0 Å². The van der Waals surface area contributed by atoms with Crippen LogP contribution in [0.3, 0.4) is 0 Å². The van der Waals surface area contributed by atoms with Gasteiger partial charge in [-0.05, 0) is 26.4 Å². The maximum absolute atomic E-state index is 5.47. The van der Waals surface area contributed by atoms with Gasteiger partial charge >= 0.3 is 0 Å². The topological polar surface area (TPSA) is 47.7 Å². The quantitative estimate of drug-likeness (QED) is 0.521. The molecule has 0 unspecified atom stereocenters. The van der Waals surface area contributed by atoms with Crippen LogP contribution in [0.4, 0.5) is 0 Å². The van der Waals surface area contributed by atoms with E-state index in [1.807, 2.05) is 6.92 Å². The van der Waals surface area contributed by atoms with Crippen molar-refractivity contribution < 1.29 is 9.47 Å². The molecule has 86 valence electrons. The minimum atomic E-state index is 0.748. The average molecular weight is 204 g/mol. The summed E-state index contributed by atoms with van der Waals surface area (Å²) in [6, 6.07) is 0. The Morgan fingerprint density at radius 3 is 2.43 bits per heavy atom. The Kier molecular flexibility index (Phi) is 10.8. The van der Waals surface area contributed by atoms with Crippen LogP contribution in [0.1, 0.15) is 13.3 Å². The van der Waals surface area contributed by atoms with E-state index in [0.29, 0.717) is 0 Å². The van der Waals surface area contributed by atoms with E-state index in [-0.39, 0.29) is 0 Å². The van der Waals surface area contributed by atoms with Crippen LogP contribution < -0.4 is 5.73 Å². The van der Waals surface area contributed by atoms with Crippen molar-refractivity contribution in [1.29, 1.82) is 0 Å². The fourth-order valence-electron chi connectivity index (χ4n) is 1.21. The van der Waals surface area contributed by atoms with Crippen LogP contribution >= 0.6 is 0 Å². The fourth-order valence-corrected chi connectivity index (χ4v) is 1.21. The normalized spacial score (nSPS) is 11.1. The number of nitrogens with two attached hydrogens (primary N) is 1. The van der Waals surface area contributed by atoms with Crippen molar-refractivity contribution in [3.05, 3.63) is 0 Å². The number of ether oxygens (including phenoxy) is 2. The first-order chi connectivity index (χ1) is 6.85. The van der Waals surface area contributed by atoms with Crippen LogP contribution in [0.2, 0.25) is 0 Å². The van der Waals surface area contributed by atoms with Gasteiger partial charge in [-0.3, -0.25) is 4.90 Å². The maximum Gasteiger partial charge on any atom is 0.0593 e. The Bertz CT molecular complexity index is 104. The van der Waals surface area contributed by atoms with Gasteiger partial charge in [-0.25, -0.2) is 0 Å². The molecule has 0 fully saturated rings. The predicted molar refractivity (Wildman–Crippen MR) is 58.5 cm³/mol. The zero-order chi connectivity index (χ0) is 10.6. The third-order valence-electron chi connectivity index (χ3n) is 2.05. The molecule has 0 spiro atoms. The highest BCUT2D eigenvalue weighted by molar-refractivity contribution is 4.57. The lowest BCUT2D eigenvalue weighted by Gasteiger charge is -2.21. The van der Waals surface area contributed by atoms with Gasteiger partial charge in [0.15, 0.2) is 0 Å². The molecule has 2 N–H and O–H groups in total. The second-order valence-corrected chi connectivity index (χ2v) is 3.17. The van der Waals surface area contributed by atoms with E-state index >= 15 is 0 Å². The van der Waals surface area contributed by atoms with Crippen LogP contribution in [0.5, 0.6) is 0 Å². The van der Waals surface area contributed by atoms with Crippen molar-refractivity contribution in [3.8, 4) is 0 Å². The van der Waals surface area contributed by atoms with E-state index in [4.69, 9.17) is 15.2 Å². The van der Waals surface area contributed by atoms with Gasteiger partial charge in [-0.2, -0.15) is 0 Å². The van der Waals surface area contributed by atoms with Crippen molar-refractivity contribution in [3.63, 3.8) is 0 Å². The smallest absolute Gasteiger partial charge is 0.0593 e. The zero-order valence-electron chi connectivity index (χ0n) is 9.50. The molecule has 0 aromatic rings. The monoisotopic (exact) mass is 204 g/mol. The second kappa shape index (κ2) is 10.9. The summed E-state index contributed by atoms with van der Waals surface area (Å²) in [7, 11) is 1.73. The molecular weight excluding hydrogens is 180 g/mol. The minimum absolute atomic E-state index is 0.748. The third kappa shape index (κ3) is 8.44. The second-order valence-electron chi connectivity index (χ2n) is 3.17. The Balaban J connectivity index is 3.49. The molecule has 0 saturated heterocycles. The minimum Gasteiger partial charge on any atom is -0.383 e. The van der Waals surface area contributed by atoms with E-state index in [0.717, 1.165) is 52.4 Å². The van der Waals surface area contributed by atoms with Crippen LogP contribution in [0.15, 0.2) is 0 Å².